The predicted molar refractivity (Wildman–Crippen MR) is 167 cm³/mol. The van der Waals surface area contributed by atoms with Crippen LogP contribution >= 0.6 is 34.8 Å². The van der Waals surface area contributed by atoms with Gasteiger partial charge in [-0.1, -0.05) is 84.2 Å². The minimum atomic E-state index is -3.91. The van der Waals surface area contributed by atoms with Crippen LogP contribution in [0.5, 0.6) is 0 Å². The summed E-state index contributed by atoms with van der Waals surface area (Å²) in [7, 11) is -3.91. The minimum absolute atomic E-state index is 0.00667. The van der Waals surface area contributed by atoms with Crippen molar-refractivity contribution < 1.29 is 18.0 Å². The first kappa shape index (κ1) is 32.7. The SMILES string of the molecule is CC[C@@H](C)NC(=O)[C@@H](Cc1ccccc1)N(Cc1ccc(Cl)c(Cl)c1)C(=O)CN(c1cccc(Cl)c1C)S(C)(=O)=O. The summed E-state index contributed by atoms with van der Waals surface area (Å²) < 4.78 is 27.0. The Labute approximate surface area is 257 Å². The normalized spacial score (nSPS) is 12.9. The van der Waals surface area contributed by atoms with Crippen molar-refractivity contribution in [3.05, 3.63) is 98.5 Å². The van der Waals surface area contributed by atoms with Gasteiger partial charge in [-0.25, -0.2) is 8.42 Å². The number of carbonyl (C=O) groups is 2. The van der Waals surface area contributed by atoms with Crippen LogP contribution < -0.4 is 9.62 Å². The predicted octanol–water partition coefficient (Wildman–Crippen LogP) is 6.28. The van der Waals surface area contributed by atoms with Crippen molar-refractivity contribution in [2.75, 3.05) is 17.1 Å². The van der Waals surface area contributed by atoms with Crippen molar-refractivity contribution in [3.8, 4) is 0 Å². The molecule has 0 aliphatic rings. The number of hydrogen-bond acceptors (Lipinski definition) is 4. The molecule has 0 spiro atoms. The second kappa shape index (κ2) is 14.4. The Morgan fingerprint density at radius 1 is 0.902 bits per heavy atom. The average molecular weight is 639 g/mol. The van der Waals surface area contributed by atoms with E-state index >= 15 is 0 Å². The van der Waals surface area contributed by atoms with Crippen LogP contribution in [-0.4, -0.2) is 50.0 Å². The monoisotopic (exact) mass is 637 g/mol. The topological polar surface area (TPSA) is 86.8 Å². The lowest BCUT2D eigenvalue weighted by atomic mass is 10.0. The van der Waals surface area contributed by atoms with Crippen molar-refractivity contribution in [3.63, 3.8) is 0 Å². The Balaban J connectivity index is 2.11. The van der Waals surface area contributed by atoms with Gasteiger partial charge in [0.1, 0.15) is 12.6 Å². The minimum Gasteiger partial charge on any atom is -0.352 e. The molecular weight excluding hydrogens is 605 g/mol. The molecule has 3 aromatic rings. The Kier molecular flexibility index (Phi) is 11.5. The quantitative estimate of drug-likeness (QED) is 0.253. The average Bonchev–Trinajstić information content (AvgIpc) is 2.92. The molecule has 0 radical (unpaired) electrons. The maximum atomic E-state index is 14.2. The van der Waals surface area contributed by atoms with Gasteiger partial charge in [0.15, 0.2) is 0 Å². The summed E-state index contributed by atoms with van der Waals surface area (Å²) in [6, 6.07) is 18.1. The van der Waals surface area contributed by atoms with Crippen LogP contribution in [-0.2, 0) is 32.6 Å². The number of nitrogens with zero attached hydrogens (tertiary/aromatic N) is 2. The van der Waals surface area contributed by atoms with Crippen molar-refractivity contribution in [1.29, 1.82) is 0 Å². The third-order valence-corrected chi connectivity index (χ3v) is 9.07. The van der Waals surface area contributed by atoms with Gasteiger partial charge in [-0.2, -0.15) is 0 Å². The standard InChI is InChI=1S/C30H34Cl3N3O4S/c1-5-20(2)34-30(38)28(17-22-10-7-6-8-11-22)35(18-23-14-15-25(32)26(33)16-23)29(37)19-36(41(4,39)40)27-13-9-12-24(31)21(27)3/h6-16,20,28H,5,17-19H2,1-4H3,(H,34,38)/t20-,28-/m1/s1. The first-order valence-corrected chi connectivity index (χ1v) is 16.1. The third-order valence-electron chi connectivity index (χ3n) is 6.80. The number of anilines is 1. The molecule has 0 aliphatic carbocycles. The van der Waals surface area contributed by atoms with E-state index in [4.69, 9.17) is 34.8 Å². The van der Waals surface area contributed by atoms with E-state index in [0.29, 0.717) is 32.6 Å². The van der Waals surface area contributed by atoms with Gasteiger partial charge in [-0.05, 0) is 61.2 Å². The second-order valence-corrected chi connectivity index (χ2v) is 13.1. The highest BCUT2D eigenvalue weighted by Gasteiger charge is 2.34. The summed E-state index contributed by atoms with van der Waals surface area (Å²) in [6.45, 7) is 4.98. The lowest BCUT2D eigenvalue weighted by Crippen LogP contribution is -2.54. The molecule has 0 saturated carbocycles. The zero-order valence-corrected chi connectivity index (χ0v) is 26.5. The molecule has 0 saturated heterocycles. The Bertz CT molecular complexity index is 1490. The molecule has 3 rings (SSSR count). The summed E-state index contributed by atoms with van der Waals surface area (Å²) >= 11 is 18.7. The zero-order chi connectivity index (χ0) is 30.3. The summed E-state index contributed by atoms with van der Waals surface area (Å²) in [5, 5.41) is 4.01. The van der Waals surface area contributed by atoms with Gasteiger partial charge >= 0.3 is 0 Å². The van der Waals surface area contributed by atoms with Crippen molar-refractivity contribution in [2.24, 2.45) is 0 Å². The van der Waals surface area contributed by atoms with E-state index in [-0.39, 0.29) is 30.6 Å². The number of benzene rings is 3. The largest absolute Gasteiger partial charge is 0.352 e. The molecule has 0 unspecified atom stereocenters. The van der Waals surface area contributed by atoms with Gasteiger partial charge in [-0.3, -0.25) is 13.9 Å². The Hall–Kier alpha value is -2.78. The molecule has 0 aromatic heterocycles. The van der Waals surface area contributed by atoms with Crippen LogP contribution in [0.1, 0.15) is 37.0 Å². The summed E-state index contributed by atoms with van der Waals surface area (Å²) in [5.41, 5.74) is 2.27. The van der Waals surface area contributed by atoms with Crippen molar-refractivity contribution in [1.82, 2.24) is 10.2 Å². The highest BCUT2D eigenvalue weighted by Crippen LogP contribution is 2.29. The molecule has 41 heavy (non-hydrogen) atoms. The van der Waals surface area contributed by atoms with E-state index in [0.717, 1.165) is 16.1 Å². The number of carbonyl (C=O) groups excluding carboxylic acids is 2. The fourth-order valence-corrected chi connectivity index (χ4v) is 5.68. The lowest BCUT2D eigenvalue weighted by Gasteiger charge is -2.34. The van der Waals surface area contributed by atoms with E-state index in [2.05, 4.69) is 5.32 Å². The van der Waals surface area contributed by atoms with E-state index in [9.17, 15) is 18.0 Å². The first-order chi connectivity index (χ1) is 19.3. The highest BCUT2D eigenvalue weighted by molar-refractivity contribution is 7.92. The van der Waals surface area contributed by atoms with Crippen LogP contribution in [0.2, 0.25) is 15.1 Å². The number of rotatable bonds is 12. The number of halogens is 3. The number of sulfonamides is 1. The van der Waals surface area contributed by atoms with Crippen LogP contribution in [0.15, 0.2) is 66.7 Å². The van der Waals surface area contributed by atoms with Gasteiger partial charge in [0.2, 0.25) is 21.8 Å². The molecule has 1 N–H and O–H groups in total. The summed E-state index contributed by atoms with van der Waals surface area (Å²) in [5.74, 6) is -0.914. The number of nitrogens with one attached hydrogen (secondary N) is 1. The van der Waals surface area contributed by atoms with Crippen molar-refractivity contribution >= 4 is 62.3 Å². The molecule has 11 heteroatoms. The van der Waals surface area contributed by atoms with Gasteiger partial charge in [0.05, 0.1) is 22.0 Å². The number of hydrogen-bond donors (Lipinski definition) is 1. The van der Waals surface area contributed by atoms with Crippen LogP contribution in [0.4, 0.5) is 5.69 Å². The molecule has 0 aliphatic heterocycles. The molecule has 2 amide bonds. The number of amides is 2. The Morgan fingerprint density at radius 3 is 2.20 bits per heavy atom. The summed E-state index contributed by atoms with van der Waals surface area (Å²) in [4.78, 5) is 29.3. The molecular formula is C30H34Cl3N3O4S. The molecule has 0 bridgehead atoms. The fourth-order valence-electron chi connectivity index (χ4n) is 4.29. The zero-order valence-electron chi connectivity index (χ0n) is 23.4. The van der Waals surface area contributed by atoms with Crippen LogP contribution in [0.3, 0.4) is 0 Å². The fraction of sp³-hybridized carbons (Fsp3) is 0.333. The van der Waals surface area contributed by atoms with Gasteiger partial charge in [0.25, 0.3) is 0 Å². The van der Waals surface area contributed by atoms with Gasteiger partial charge in [0, 0.05) is 24.0 Å². The third kappa shape index (κ3) is 8.85. The van der Waals surface area contributed by atoms with Crippen LogP contribution in [0.25, 0.3) is 0 Å². The smallest absolute Gasteiger partial charge is 0.244 e. The van der Waals surface area contributed by atoms with Gasteiger partial charge < -0.3 is 10.2 Å². The molecule has 3 aromatic carbocycles. The molecule has 220 valence electrons. The van der Waals surface area contributed by atoms with Gasteiger partial charge in [-0.15, -0.1) is 0 Å². The maximum absolute atomic E-state index is 14.2. The second-order valence-electron chi connectivity index (χ2n) is 9.95. The van der Waals surface area contributed by atoms with E-state index in [1.54, 1.807) is 43.3 Å². The lowest BCUT2D eigenvalue weighted by molar-refractivity contribution is -0.140. The van der Waals surface area contributed by atoms with Crippen molar-refractivity contribution in [2.45, 2.75) is 52.2 Å². The molecule has 0 fully saturated rings. The van der Waals surface area contributed by atoms with E-state index < -0.39 is 28.5 Å². The first-order valence-electron chi connectivity index (χ1n) is 13.1. The van der Waals surface area contributed by atoms with Crippen LogP contribution in [0, 0.1) is 6.92 Å². The Morgan fingerprint density at radius 2 is 1.59 bits per heavy atom. The molecule has 2 atom stereocenters. The molecule has 7 nitrogen and oxygen atoms in total. The maximum Gasteiger partial charge on any atom is 0.244 e. The van der Waals surface area contributed by atoms with E-state index in [1.807, 2.05) is 44.2 Å². The molecule has 0 heterocycles. The highest BCUT2D eigenvalue weighted by atomic mass is 35.5. The van der Waals surface area contributed by atoms with E-state index in [1.165, 1.54) is 4.90 Å². The summed E-state index contributed by atoms with van der Waals surface area (Å²) in [6.07, 6.45) is 1.94.